The molecule has 1 aromatic carbocycles. The monoisotopic (exact) mass is 350 g/mol. The number of carbonyl (C=O) groups excluding carboxylic acids is 2. The van der Waals surface area contributed by atoms with Gasteiger partial charge in [-0.1, -0.05) is 11.6 Å². The van der Waals surface area contributed by atoms with Gasteiger partial charge in [-0.2, -0.15) is 11.8 Å². The number of hydrogen-bond acceptors (Lipinski definition) is 4. The number of rotatable bonds is 2. The first-order valence-corrected chi connectivity index (χ1v) is 8.86. The van der Waals surface area contributed by atoms with E-state index in [4.69, 9.17) is 11.6 Å². The molecule has 3 heterocycles. The zero-order valence-electron chi connectivity index (χ0n) is 12.5. The van der Waals surface area contributed by atoms with Crippen molar-refractivity contribution in [2.45, 2.75) is 18.5 Å². The van der Waals surface area contributed by atoms with Crippen LogP contribution in [0.4, 0.5) is 4.79 Å². The highest BCUT2D eigenvalue weighted by molar-refractivity contribution is 7.99. The van der Waals surface area contributed by atoms with Gasteiger partial charge in [0.05, 0.1) is 17.6 Å². The lowest BCUT2D eigenvalue weighted by Crippen LogP contribution is -2.46. The van der Waals surface area contributed by atoms with Gasteiger partial charge in [0, 0.05) is 17.8 Å². The normalized spacial score (nSPS) is 24.2. The second-order valence-electron chi connectivity index (χ2n) is 5.93. The maximum absolute atomic E-state index is 12.7. The minimum Gasteiger partial charge on any atom is -0.330 e. The predicted molar refractivity (Wildman–Crippen MR) is 89.5 cm³/mol. The number of urea groups is 1. The van der Waals surface area contributed by atoms with Gasteiger partial charge in [-0.25, -0.2) is 9.78 Å². The number of nitrogens with zero attached hydrogens (tertiary/aromatic N) is 3. The first-order chi connectivity index (χ1) is 11.0. The molecule has 0 saturated carbocycles. The number of aryl methyl sites for hydroxylation is 1. The van der Waals surface area contributed by atoms with Crippen molar-refractivity contribution >= 4 is 46.3 Å². The van der Waals surface area contributed by atoms with Crippen LogP contribution in [0.2, 0.25) is 5.02 Å². The summed E-state index contributed by atoms with van der Waals surface area (Å²) in [7, 11) is 1.87. The Kier molecular flexibility index (Phi) is 3.32. The number of carbonyl (C=O) groups is 2. The van der Waals surface area contributed by atoms with Crippen molar-refractivity contribution in [2.75, 3.05) is 11.5 Å². The summed E-state index contributed by atoms with van der Waals surface area (Å²) >= 11 is 7.69. The Balaban J connectivity index is 1.67. The van der Waals surface area contributed by atoms with E-state index in [-0.39, 0.29) is 18.5 Å². The van der Waals surface area contributed by atoms with E-state index in [0.717, 1.165) is 16.8 Å². The van der Waals surface area contributed by atoms with E-state index in [9.17, 15) is 9.59 Å². The summed E-state index contributed by atoms with van der Waals surface area (Å²) in [4.78, 5) is 30.7. The Morgan fingerprint density at radius 3 is 3.00 bits per heavy atom. The second kappa shape index (κ2) is 5.14. The van der Waals surface area contributed by atoms with Gasteiger partial charge in [-0.3, -0.25) is 9.69 Å². The van der Waals surface area contributed by atoms with Crippen LogP contribution in [-0.4, -0.2) is 43.4 Å². The lowest BCUT2D eigenvalue weighted by molar-refractivity contribution is -0.131. The van der Waals surface area contributed by atoms with Crippen molar-refractivity contribution in [1.82, 2.24) is 19.8 Å². The van der Waals surface area contributed by atoms with E-state index >= 15 is 0 Å². The molecule has 1 aromatic heterocycles. The molecule has 8 heteroatoms. The molecule has 2 aliphatic heterocycles. The Morgan fingerprint density at radius 2 is 2.26 bits per heavy atom. The zero-order valence-corrected chi connectivity index (χ0v) is 14.1. The summed E-state index contributed by atoms with van der Waals surface area (Å²) in [5.41, 5.74) is 0.964. The van der Waals surface area contributed by atoms with Crippen LogP contribution in [0.15, 0.2) is 18.2 Å². The van der Waals surface area contributed by atoms with Crippen LogP contribution in [-0.2, 0) is 18.4 Å². The number of imidazole rings is 1. The molecule has 4 rings (SSSR count). The number of aromatic nitrogens is 2. The second-order valence-corrected chi connectivity index (χ2v) is 7.47. The first kappa shape index (κ1) is 14.8. The largest absolute Gasteiger partial charge is 0.330 e. The van der Waals surface area contributed by atoms with Gasteiger partial charge in [0.2, 0.25) is 0 Å². The number of benzene rings is 1. The molecule has 3 amide bonds. The summed E-state index contributed by atoms with van der Waals surface area (Å²) in [6.07, 6.45) is 0.691. The molecule has 2 aliphatic rings. The average Bonchev–Trinajstić information content (AvgIpc) is 3.15. The molecule has 1 atom stereocenters. The van der Waals surface area contributed by atoms with E-state index in [1.54, 1.807) is 23.9 Å². The number of hydrogen-bond donors (Lipinski definition) is 1. The molecule has 2 fully saturated rings. The molecule has 1 spiro atoms. The fraction of sp³-hybridized carbons (Fsp3) is 0.400. The molecule has 2 saturated heterocycles. The molecule has 0 aliphatic carbocycles. The summed E-state index contributed by atoms with van der Waals surface area (Å²) in [5.74, 6) is 2.06. The standard InChI is InChI=1S/C15H15ClN4O2S/c1-19-11-3-2-9(16)6-10(11)17-12(19)7-20-13(21)15(18-14(20)22)4-5-23-8-15/h2-3,6H,4-5,7-8H2,1H3,(H,18,22)/t15-/m0/s1. The summed E-state index contributed by atoms with van der Waals surface area (Å²) in [6.45, 7) is 0.167. The quantitative estimate of drug-likeness (QED) is 0.843. The number of thioether (sulfide) groups is 1. The third-order valence-electron chi connectivity index (χ3n) is 4.50. The molecular formula is C15H15ClN4O2S. The highest BCUT2D eigenvalue weighted by Crippen LogP contribution is 2.34. The molecule has 0 unspecified atom stereocenters. The van der Waals surface area contributed by atoms with Crippen LogP contribution < -0.4 is 5.32 Å². The number of nitrogens with one attached hydrogen (secondary N) is 1. The Morgan fingerprint density at radius 1 is 1.43 bits per heavy atom. The molecule has 0 radical (unpaired) electrons. The molecule has 6 nitrogen and oxygen atoms in total. The van der Waals surface area contributed by atoms with Crippen molar-refractivity contribution in [3.05, 3.63) is 29.0 Å². The zero-order chi connectivity index (χ0) is 16.2. The van der Waals surface area contributed by atoms with E-state index < -0.39 is 5.54 Å². The fourth-order valence-electron chi connectivity index (χ4n) is 3.16. The molecular weight excluding hydrogens is 336 g/mol. The molecule has 120 valence electrons. The van der Waals surface area contributed by atoms with Gasteiger partial charge < -0.3 is 9.88 Å². The first-order valence-electron chi connectivity index (χ1n) is 7.33. The van der Waals surface area contributed by atoms with E-state index in [1.165, 1.54) is 4.90 Å². The average molecular weight is 351 g/mol. The van der Waals surface area contributed by atoms with Crippen molar-refractivity contribution in [1.29, 1.82) is 0 Å². The summed E-state index contributed by atoms with van der Waals surface area (Å²) < 4.78 is 1.89. The minimum atomic E-state index is -0.713. The fourth-order valence-corrected chi connectivity index (χ4v) is 4.65. The van der Waals surface area contributed by atoms with Crippen LogP contribution >= 0.6 is 23.4 Å². The van der Waals surface area contributed by atoms with E-state index in [2.05, 4.69) is 10.3 Å². The summed E-state index contributed by atoms with van der Waals surface area (Å²) in [5, 5.41) is 3.48. The number of imide groups is 1. The highest BCUT2D eigenvalue weighted by Gasteiger charge is 2.53. The van der Waals surface area contributed by atoms with Gasteiger partial charge in [0.25, 0.3) is 5.91 Å². The Bertz CT molecular complexity index is 828. The smallest absolute Gasteiger partial charge is 0.325 e. The van der Waals surface area contributed by atoms with Gasteiger partial charge in [0.15, 0.2) is 0 Å². The molecule has 23 heavy (non-hydrogen) atoms. The molecule has 0 bridgehead atoms. The lowest BCUT2D eigenvalue weighted by Gasteiger charge is -2.19. The Hall–Kier alpha value is -1.73. The van der Waals surface area contributed by atoms with Gasteiger partial charge in [0.1, 0.15) is 11.4 Å². The maximum Gasteiger partial charge on any atom is 0.325 e. The number of halogens is 1. The minimum absolute atomic E-state index is 0.141. The van der Waals surface area contributed by atoms with Crippen molar-refractivity contribution in [3.8, 4) is 0 Å². The molecule has 1 N–H and O–H groups in total. The van der Waals surface area contributed by atoms with Gasteiger partial charge in [-0.05, 0) is 30.4 Å². The Labute approximate surface area is 142 Å². The predicted octanol–water partition coefficient (Wildman–Crippen LogP) is 2.15. The third kappa shape index (κ3) is 2.21. The van der Waals surface area contributed by atoms with Crippen molar-refractivity contribution in [2.24, 2.45) is 7.05 Å². The highest BCUT2D eigenvalue weighted by atomic mass is 35.5. The van der Waals surface area contributed by atoms with Crippen LogP contribution in [0.5, 0.6) is 0 Å². The number of fused-ring (bicyclic) bond motifs is 1. The van der Waals surface area contributed by atoms with Crippen LogP contribution in [0.1, 0.15) is 12.2 Å². The molecule has 2 aromatic rings. The maximum atomic E-state index is 12.7. The van der Waals surface area contributed by atoms with E-state index in [1.807, 2.05) is 17.7 Å². The van der Waals surface area contributed by atoms with E-state index in [0.29, 0.717) is 23.0 Å². The topological polar surface area (TPSA) is 67.2 Å². The third-order valence-corrected chi connectivity index (χ3v) is 5.93. The van der Waals surface area contributed by atoms with Crippen LogP contribution in [0, 0.1) is 0 Å². The van der Waals surface area contributed by atoms with Crippen LogP contribution in [0.25, 0.3) is 11.0 Å². The van der Waals surface area contributed by atoms with Crippen molar-refractivity contribution in [3.63, 3.8) is 0 Å². The SMILES string of the molecule is Cn1c(CN2C(=O)N[C@]3(CCSC3)C2=O)nc2cc(Cl)ccc21. The van der Waals surface area contributed by atoms with Gasteiger partial charge in [-0.15, -0.1) is 0 Å². The van der Waals surface area contributed by atoms with Crippen LogP contribution in [0.3, 0.4) is 0 Å². The van der Waals surface area contributed by atoms with Crippen molar-refractivity contribution < 1.29 is 9.59 Å². The lowest BCUT2D eigenvalue weighted by atomic mass is 9.99. The number of amides is 3. The van der Waals surface area contributed by atoms with Gasteiger partial charge >= 0.3 is 6.03 Å². The summed E-state index contributed by atoms with van der Waals surface area (Å²) in [6, 6.07) is 5.13.